The molecular weight excluding hydrogens is 308 g/mol. The fraction of sp³-hybridized carbons (Fsp3) is 0.316. The van der Waals surface area contributed by atoms with Gasteiger partial charge in [-0.1, -0.05) is 37.6 Å². The fourth-order valence-corrected chi connectivity index (χ4v) is 3.20. The van der Waals surface area contributed by atoms with Crippen molar-refractivity contribution >= 4 is 5.97 Å². The summed E-state index contributed by atoms with van der Waals surface area (Å²) in [6.45, 7) is 1.99. The van der Waals surface area contributed by atoms with Gasteiger partial charge in [-0.2, -0.15) is 0 Å². The van der Waals surface area contributed by atoms with Crippen molar-refractivity contribution < 1.29 is 25.2 Å². The van der Waals surface area contributed by atoms with Gasteiger partial charge in [0.25, 0.3) is 0 Å². The number of phenols is 2. The molecule has 0 spiro atoms. The summed E-state index contributed by atoms with van der Waals surface area (Å²) in [6, 6.07) is 13.2. The van der Waals surface area contributed by atoms with Crippen molar-refractivity contribution in [3.05, 3.63) is 59.7 Å². The Kier molecular flexibility index (Phi) is 5.46. The second kappa shape index (κ2) is 7.36. The summed E-state index contributed by atoms with van der Waals surface area (Å²) in [5.41, 5.74) is 0.898. The standard InChI is InChI=1S/C19H22O5/c1-2-11-19(12-17(22)18(23)24,13-3-7-15(20)8-4-13)14-5-9-16(21)10-6-14/h3-10,17,20-22H,2,11-12H2,1H3,(H,23,24). The van der Waals surface area contributed by atoms with Crippen LogP contribution >= 0.6 is 0 Å². The Morgan fingerprint density at radius 3 is 1.71 bits per heavy atom. The van der Waals surface area contributed by atoms with Crippen LogP contribution in [0, 0.1) is 0 Å². The van der Waals surface area contributed by atoms with Crippen LogP contribution < -0.4 is 0 Å². The summed E-state index contributed by atoms with van der Waals surface area (Å²) in [7, 11) is 0. The Bertz CT molecular complexity index is 630. The van der Waals surface area contributed by atoms with Gasteiger partial charge in [-0.25, -0.2) is 4.79 Å². The van der Waals surface area contributed by atoms with Gasteiger partial charge in [0.1, 0.15) is 11.5 Å². The maximum atomic E-state index is 11.2. The van der Waals surface area contributed by atoms with E-state index >= 15 is 0 Å². The second-order valence-electron chi connectivity index (χ2n) is 5.98. The molecule has 0 bridgehead atoms. The van der Waals surface area contributed by atoms with Crippen LogP contribution in [0.5, 0.6) is 11.5 Å². The molecule has 2 aromatic carbocycles. The minimum absolute atomic E-state index is 0.00568. The monoisotopic (exact) mass is 330 g/mol. The zero-order chi connectivity index (χ0) is 17.7. The first-order valence-corrected chi connectivity index (χ1v) is 7.89. The molecule has 4 N–H and O–H groups in total. The molecule has 0 fully saturated rings. The number of benzene rings is 2. The van der Waals surface area contributed by atoms with Gasteiger partial charge < -0.3 is 20.4 Å². The maximum absolute atomic E-state index is 11.2. The van der Waals surface area contributed by atoms with Crippen molar-refractivity contribution in [1.82, 2.24) is 0 Å². The van der Waals surface area contributed by atoms with E-state index < -0.39 is 17.5 Å². The third kappa shape index (κ3) is 3.68. The largest absolute Gasteiger partial charge is 0.508 e. The van der Waals surface area contributed by atoms with Crippen LogP contribution in [0.25, 0.3) is 0 Å². The quantitative estimate of drug-likeness (QED) is 0.625. The lowest BCUT2D eigenvalue weighted by Crippen LogP contribution is -2.35. The summed E-state index contributed by atoms with van der Waals surface area (Å²) in [5, 5.41) is 38.3. The van der Waals surface area contributed by atoms with Crippen LogP contribution in [0.1, 0.15) is 37.3 Å². The van der Waals surface area contributed by atoms with Gasteiger partial charge in [0.15, 0.2) is 6.10 Å². The van der Waals surface area contributed by atoms with Gasteiger partial charge in [-0.15, -0.1) is 0 Å². The van der Waals surface area contributed by atoms with E-state index in [1.807, 2.05) is 6.92 Å². The zero-order valence-corrected chi connectivity index (χ0v) is 13.5. The first kappa shape index (κ1) is 17.8. The zero-order valence-electron chi connectivity index (χ0n) is 13.5. The molecule has 5 heteroatoms. The topological polar surface area (TPSA) is 98.0 Å². The molecule has 1 unspecified atom stereocenters. The van der Waals surface area contributed by atoms with E-state index in [1.54, 1.807) is 48.5 Å². The predicted molar refractivity (Wildman–Crippen MR) is 90.2 cm³/mol. The normalized spacial score (nSPS) is 12.8. The molecule has 0 heterocycles. The first-order chi connectivity index (χ1) is 11.4. The van der Waals surface area contributed by atoms with Crippen molar-refractivity contribution in [3.63, 3.8) is 0 Å². The van der Waals surface area contributed by atoms with Crippen molar-refractivity contribution in [2.24, 2.45) is 0 Å². The molecule has 0 aliphatic heterocycles. The van der Waals surface area contributed by atoms with Gasteiger partial charge >= 0.3 is 5.97 Å². The van der Waals surface area contributed by atoms with Crippen LogP contribution in [0.2, 0.25) is 0 Å². The van der Waals surface area contributed by atoms with E-state index in [0.717, 1.165) is 17.5 Å². The molecule has 24 heavy (non-hydrogen) atoms. The van der Waals surface area contributed by atoms with Crippen LogP contribution in [0.15, 0.2) is 48.5 Å². The highest BCUT2D eigenvalue weighted by Crippen LogP contribution is 2.42. The minimum Gasteiger partial charge on any atom is -0.508 e. The summed E-state index contributed by atoms with van der Waals surface area (Å²) >= 11 is 0. The molecule has 128 valence electrons. The Labute approximate surface area is 140 Å². The summed E-state index contributed by atoms with van der Waals surface area (Å²) < 4.78 is 0. The van der Waals surface area contributed by atoms with Gasteiger partial charge in [-0.05, 0) is 48.2 Å². The number of carboxylic acids is 1. The molecule has 0 radical (unpaired) electrons. The third-order valence-electron chi connectivity index (χ3n) is 4.34. The van der Waals surface area contributed by atoms with Gasteiger partial charge in [0.05, 0.1) is 0 Å². The van der Waals surface area contributed by atoms with Crippen LogP contribution in [-0.4, -0.2) is 32.5 Å². The van der Waals surface area contributed by atoms with Crippen LogP contribution in [0.3, 0.4) is 0 Å². The number of aliphatic hydroxyl groups excluding tert-OH is 1. The average molecular weight is 330 g/mol. The molecule has 0 aliphatic rings. The molecule has 2 aromatic rings. The van der Waals surface area contributed by atoms with E-state index in [9.17, 15) is 20.1 Å². The van der Waals surface area contributed by atoms with Gasteiger partial charge in [0, 0.05) is 5.41 Å². The molecule has 0 aromatic heterocycles. The van der Waals surface area contributed by atoms with E-state index in [4.69, 9.17) is 5.11 Å². The molecule has 0 amide bonds. The van der Waals surface area contributed by atoms with E-state index in [0.29, 0.717) is 6.42 Å². The van der Waals surface area contributed by atoms with Crippen molar-refractivity contribution in [3.8, 4) is 11.5 Å². The highest BCUT2D eigenvalue weighted by atomic mass is 16.4. The number of aromatic hydroxyl groups is 2. The molecular formula is C19H22O5. The number of carboxylic acid groups (broad SMARTS) is 1. The maximum Gasteiger partial charge on any atom is 0.332 e. The highest BCUT2D eigenvalue weighted by molar-refractivity contribution is 5.72. The van der Waals surface area contributed by atoms with Crippen molar-refractivity contribution in [1.29, 1.82) is 0 Å². The molecule has 0 aliphatic carbocycles. The number of hydrogen-bond donors (Lipinski definition) is 4. The molecule has 1 atom stereocenters. The lowest BCUT2D eigenvalue weighted by atomic mass is 9.68. The minimum atomic E-state index is -1.51. The number of aliphatic hydroxyl groups is 1. The summed E-state index contributed by atoms with van der Waals surface area (Å²) in [5.74, 6) is -1.03. The Morgan fingerprint density at radius 1 is 0.958 bits per heavy atom. The lowest BCUT2D eigenvalue weighted by Gasteiger charge is -2.36. The SMILES string of the molecule is CCCC(CC(O)C(=O)O)(c1ccc(O)cc1)c1ccc(O)cc1. The second-order valence-corrected chi connectivity index (χ2v) is 5.98. The van der Waals surface area contributed by atoms with Crippen LogP contribution in [0.4, 0.5) is 0 Å². The lowest BCUT2D eigenvalue weighted by molar-refractivity contribution is -0.147. The number of carbonyl (C=O) groups is 1. The number of aliphatic carboxylic acids is 1. The molecule has 0 saturated carbocycles. The van der Waals surface area contributed by atoms with E-state index in [2.05, 4.69) is 0 Å². The summed E-state index contributed by atoms with van der Waals surface area (Å²) in [4.78, 5) is 11.2. The molecule has 2 rings (SSSR count). The fourth-order valence-electron chi connectivity index (χ4n) is 3.20. The smallest absolute Gasteiger partial charge is 0.332 e. The van der Waals surface area contributed by atoms with Crippen LogP contribution in [-0.2, 0) is 10.2 Å². The molecule has 5 nitrogen and oxygen atoms in total. The van der Waals surface area contributed by atoms with E-state index in [-0.39, 0.29) is 17.9 Å². The molecule has 0 saturated heterocycles. The van der Waals surface area contributed by atoms with Crippen molar-refractivity contribution in [2.45, 2.75) is 37.7 Å². The van der Waals surface area contributed by atoms with Crippen molar-refractivity contribution in [2.75, 3.05) is 0 Å². The first-order valence-electron chi connectivity index (χ1n) is 7.89. The Morgan fingerprint density at radius 2 is 1.38 bits per heavy atom. The van der Waals surface area contributed by atoms with E-state index in [1.165, 1.54) is 0 Å². The highest BCUT2D eigenvalue weighted by Gasteiger charge is 2.37. The Balaban J connectivity index is 2.61. The number of phenolic OH excluding ortho intramolecular Hbond substituents is 2. The van der Waals surface area contributed by atoms with Gasteiger partial charge in [-0.3, -0.25) is 0 Å². The summed E-state index contributed by atoms with van der Waals surface area (Å²) in [6.07, 6.45) is -0.119. The Hall–Kier alpha value is -2.53. The number of hydrogen-bond acceptors (Lipinski definition) is 4. The van der Waals surface area contributed by atoms with Gasteiger partial charge in [0.2, 0.25) is 0 Å². The third-order valence-corrected chi connectivity index (χ3v) is 4.34. The average Bonchev–Trinajstić information content (AvgIpc) is 2.55. The number of rotatable bonds is 7. The predicted octanol–water partition coefficient (Wildman–Crippen LogP) is 3.02.